The van der Waals surface area contributed by atoms with Crippen molar-refractivity contribution in [2.24, 2.45) is 11.8 Å². The molecule has 0 heterocycles. The normalized spacial score (nSPS) is 32.6. The number of amides is 1. The van der Waals surface area contributed by atoms with E-state index in [9.17, 15) is 4.79 Å². The lowest BCUT2D eigenvalue weighted by Gasteiger charge is -2.34. The minimum Gasteiger partial charge on any atom is -0.358 e. The first-order valence-corrected chi connectivity index (χ1v) is 5.59. The average Bonchev–Trinajstić information content (AvgIpc) is 2.20. The van der Waals surface area contributed by atoms with E-state index >= 15 is 0 Å². The van der Waals surface area contributed by atoms with Crippen LogP contribution >= 0.6 is 0 Å². The topological polar surface area (TPSA) is 41.1 Å². The van der Waals surface area contributed by atoms with Gasteiger partial charge in [0.15, 0.2) is 0 Å². The molecule has 3 heteroatoms. The molecule has 3 atom stereocenters. The molecule has 1 aliphatic rings. The minimum absolute atomic E-state index is 0.0791. The summed E-state index contributed by atoms with van der Waals surface area (Å²) in [7, 11) is 1.68. The molecule has 0 saturated heterocycles. The molecule has 0 aliphatic heterocycles. The molecule has 1 rings (SSSR count). The molecule has 2 N–H and O–H groups in total. The van der Waals surface area contributed by atoms with E-state index in [0.717, 1.165) is 5.92 Å². The number of nitrogens with one attached hydrogen (secondary N) is 2. The maximum absolute atomic E-state index is 11.1. The lowest BCUT2D eigenvalue weighted by atomic mass is 9.78. The van der Waals surface area contributed by atoms with Crippen LogP contribution in [0.2, 0.25) is 0 Å². The predicted octanol–water partition coefficient (Wildman–Crippen LogP) is 1.15. The summed E-state index contributed by atoms with van der Waals surface area (Å²) in [6.07, 6.45) is 3.83. The Labute approximate surface area is 86.6 Å². The van der Waals surface area contributed by atoms with Crippen molar-refractivity contribution in [3.05, 3.63) is 0 Å². The van der Waals surface area contributed by atoms with E-state index in [1.165, 1.54) is 19.3 Å². The molecule has 1 aliphatic carbocycles. The van der Waals surface area contributed by atoms with Crippen molar-refractivity contribution in [2.75, 3.05) is 13.6 Å². The van der Waals surface area contributed by atoms with Gasteiger partial charge in [0.1, 0.15) is 0 Å². The van der Waals surface area contributed by atoms with Crippen molar-refractivity contribution in [1.82, 2.24) is 10.6 Å². The summed E-state index contributed by atoms with van der Waals surface area (Å²) in [5.41, 5.74) is 0. The zero-order valence-electron chi connectivity index (χ0n) is 9.47. The number of carbonyl (C=O) groups excluding carboxylic acids is 1. The van der Waals surface area contributed by atoms with Gasteiger partial charge in [-0.15, -0.1) is 0 Å². The second kappa shape index (κ2) is 5.35. The van der Waals surface area contributed by atoms with Gasteiger partial charge in [-0.3, -0.25) is 4.79 Å². The van der Waals surface area contributed by atoms with Gasteiger partial charge in [-0.05, 0) is 18.3 Å². The van der Waals surface area contributed by atoms with Crippen LogP contribution < -0.4 is 10.6 Å². The second-order valence-corrected chi connectivity index (χ2v) is 4.43. The van der Waals surface area contributed by atoms with Crippen LogP contribution in [-0.2, 0) is 4.79 Å². The number of hydrogen-bond donors (Lipinski definition) is 2. The summed E-state index contributed by atoms with van der Waals surface area (Å²) in [5.74, 6) is 1.55. The number of rotatable bonds is 3. The van der Waals surface area contributed by atoms with Gasteiger partial charge in [-0.2, -0.15) is 0 Å². The Kier molecular flexibility index (Phi) is 4.39. The smallest absolute Gasteiger partial charge is 0.233 e. The van der Waals surface area contributed by atoms with Gasteiger partial charge in [0.25, 0.3) is 0 Å². The highest BCUT2D eigenvalue weighted by Gasteiger charge is 2.26. The van der Waals surface area contributed by atoms with Crippen molar-refractivity contribution in [3.63, 3.8) is 0 Å². The largest absolute Gasteiger partial charge is 0.358 e. The summed E-state index contributed by atoms with van der Waals surface area (Å²) in [5, 5.41) is 5.97. The fraction of sp³-hybridized carbons (Fsp3) is 0.909. The Hall–Kier alpha value is -0.570. The molecule has 0 aromatic rings. The summed E-state index contributed by atoms with van der Waals surface area (Å²) >= 11 is 0. The fourth-order valence-electron chi connectivity index (χ4n) is 2.18. The Morgan fingerprint density at radius 1 is 1.36 bits per heavy atom. The van der Waals surface area contributed by atoms with Crippen LogP contribution in [0, 0.1) is 11.8 Å². The molecule has 0 bridgehead atoms. The molecular weight excluding hydrogens is 176 g/mol. The van der Waals surface area contributed by atoms with E-state index in [1.807, 2.05) is 0 Å². The van der Waals surface area contributed by atoms with Crippen LogP contribution in [0.4, 0.5) is 0 Å². The standard InChI is InChI=1S/C11H22N2O/c1-8-5-4-6-10(9(8)2)13-7-11(14)12-3/h8-10,13H,4-7H2,1-3H3,(H,12,14). The molecule has 3 unspecified atom stereocenters. The van der Waals surface area contributed by atoms with Gasteiger partial charge in [-0.1, -0.05) is 26.7 Å². The Morgan fingerprint density at radius 3 is 2.71 bits per heavy atom. The van der Waals surface area contributed by atoms with E-state index in [2.05, 4.69) is 24.5 Å². The van der Waals surface area contributed by atoms with Crippen LogP contribution in [0.5, 0.6) is 0 Å². The van der Waals surface area contributed by atoms with Gasteiger partial charge in [0.05, 0.1) is 6.54 Å². The van der Waals surface area contributed by atoms with Crippen LogP contribution in [-0.4, -0.2) is 25.5 Å². The van der Waals surface area contributed by atoms with Gasteiger partial charge >= 0.3 is 0 Å². The van der Waals surface area contributed by atoms with E-state index in [4.69, 9.17) is 0 Å². The maximum Gasteiger partial charge on any atom is 0.233 e. The third-order valence-electron chi connectivity index (χ3n) is 3.51. The second-order valence-electron chi connectivity index (χ2n) is 4.43. The SMILES string of the molecule is CNC(=O)CNC1CCCC(C)C1C. The van der Waals surface area contributed by atoms with Crippen LogP contribution in [0.3, 0.4) is 0 Å². The molecule has 1 amide bonds. The maximum atomic E-state index is 11.1. The van der Waals surface area contributed by atoms with Crippen LogP contribution in [0.15, 0.2) is 0 Å². The Morgan fingerprint density at radius 2 is 2.07 bits per heavy atom. The van der Waals surface area contributed by atoms with Crippen molar-refractivity contribution in [3.8, 4) is 0 Å². The quantitative estimate of drug-likeness (QED) is 0.714. The molecule has 14 heavy (non-hydrogen) atoms. The highest BCUT2D eigenvalue weighted by atomic mass is 16.1. The number of hydrogen-bond acceptors (Lipinski definition) is 2. The Balaban J connectivity index is 2.32. The third-order valence-corrected chi connectivity index (χ3v) is 3.51. The molecule has 82 valence electrons. The molecule has 1 fully saturated rings. The lowest BCUT2D eigenvalue weighted by molar-refractivity contribution is -0.120. The molecule has 1 saturated carbocycles. The minimum atomic E-state index is 0.0791. The lowest BCUT2D eigenvalue weighted by Crippen LogP contribution is -2.44. The molecule has 0 aromatic carbocycles. The zero-order valence-corrected chi connectivity index (χ0v) is 9.47. The van der Waals surface area contributed by atoms with Crippen LogP contribution in [0.25, 0.3) is 0 Å². The van der Waals surface area contributed by atoms with Gasteiger partial charge < -0.3 is 10.6 Å². The van der Waals surface area contributed by atoms with Gasteiger partial charge in [0, 0.05) is 13.1 Å². The van der Waals surface area contributed by atoms with E-state index < -0.39 is 0 Å². The third kappa shape index (κ3) is 2.98. The van der Waals surface area contributed by atoms with E-state index in [0.29, 0.717) is 18.5 Å². The number of likely N-dealkylation sites (N-methyl/N-ethyl adjacent to an activating group) is 1. The predicted molar refractivity (Wildman–Crippen MR) is 58.0 cm³/mol. The molecule has 0 aromatic heterocycles. The fourth-order valence-corrected chi connectivity index (χ4v) is 2.18. The summed E-state index contributed by atoms with van der Waals surface area (Å²) in [6.45, 7) is 5.04. The van der Waals surface area contributed by atoms with E-state index in [1.54, 1.807) is 7.05 Å². The van der Waals surface area contributed by atoms with Gasteiger partial charge in [0.2, 0.25) is 5.91 Å². The van der Waals surface area contributed by atoms with E-state index in [-0.39, 0.29) is 5.91 Å². The monoisotopic (exact) mass is 198 g/mol. The first-order valence-electron chi connectivity index (χ1n) is 5.59. The molecular formula is C11H22N2O. The molecule has 0 radical (unpaired) electrons. The molecule has 0 spiro atoms. The van der Waals surface area contributed by atoms with Gasteiger partial charge in [-0.25, -0.2) is 0 Å². The summed E-state index contributed by atoms with van der Waals surface area (Å²) in [6, 6.07) is 0.524. The number of carbonyl (C=O) groups is 1. The highest BCUT2D eigenvalue weighted by Crippen LogP contribution is 2.29. The van der Waals surface area contributed by atoms with Crippen molar-refractivity contribution in [1.29, 1.82) is 0 Å². The van der Waals surface area contributed by atoms with Crippen molar-refractivity contribution >= 4 is 5.91 Å². The summed E-state index contributed by atoms with van der Waals surface area (Å²) in [4.78, 5) is 11.1. The van der Waals surface area contributed by atoms with Crippen molar-refractivity contribution < 1.29 is 4.79 Å². The first kappa shape index (κ1) is 11.5. The van der Waals surface area contributed by atoms with Crippen LogP contribution in [0.1, 0.15) is 33.1 Å². The average molecular weight is 198 g/mol. The zero-order chi connectivity index (χ0) is 10.6. The highest BCUT2D eigenvalue weighted by molar-refractivity contribution is 5.77. The van der Waals surface area contributed by atoms with Crippen molar-refractivity contribution in [2.45, 2.75) is 39.2 Å². The Bertz CT molecular complexity index is 194. The molecule has 3 nitrogen and oxygen atoms in total. The first-order chi connectivity index (χ1) is 6.65. The summed E-state index contributed by atoms with van der Waals surface area (Å²) < 4.78 is 0.